The van der Waals surface area contributed by atoms with Gasteiger partial charge in [0.15, 0.2) is 11.2 Å². The zero-order valence-corrected chi connectivity index (χ0v) is 11.1. The highest BCUT2D eigenvalue weighted by molar-refractivity contribution is 6.33. The minimum Gasteiger partial charge on any atom is -0.382 e. The number of nitrogens with zero attached hydrogens (tertiary/aromatic N) is 1. The van der Waals surface area contributed by atoms with Gasteiger partial charge in [-0.15, -0.1) is 0 Å². The van der Waals surface area contributed by atoms with E-state index in [-0.39, 0.29) is 5.43 Å². The van der Waals surface area contributed by atoms with Crippen LogP contribution in [0, 0.1) is 0 Å². The number of aromatic amines is 2. The van der Waals surface area contributed by atoms with Crippen LogP contribution < -0.4 is 11.2 Å². The quantitative estimate of drug-likeness (QED) is 0.677. The maximum atomic E-state index is 12.0. The lowest BCUT2D eigenvalue weighted by atomic mass is 10.0. The first-order valence-electron chi connectivity index (χ1n) is 5.94. The van der Waals surface area contributed by atoms with Gasteiger partial charge < -0.3 is 10.7 Å². The van der Waals surface area contributed by atoms with Gasteiger partial charge in [0.2, 0.25) is 0 Å². The molecular weight excluding hydrogens is 276 g/mol. The minimum atomic E-state index is -0.124. The summed E-state index contributed by atoms with van der Waals surface area (Å²) in [6.45, 7) is 0. The first kappa shape index (κ1) is 12.5. The molecule has 0 atom stereocenters. The van der Waals surface area contributed by atoms with Crippen molar-refractivity contribution in [2.45, 2.75) is 0 Å². The van der Waals surface area contributed by atoms with Gasteiger partial charge in [0, 0.05) is 29.0 Å². The lowest BCUT2D eigenvalue weighted by molar-refractivity contribution is 1.10. The Balaban J connectivity index is 2.29. The highest BCUT2D eigenvalue weighted by Gasteiger charge is 2.18. The molecule has 4 N–H and O–H groups in total. The van der Waals surface area contributed by atoms with Crippen molar-refractivity contribution < 1.29 is 0 Å². The first-order valence-corrected chi connectivity index (χ1v) is 6.32. The Bertz CT molecular complexity index is 822. The molecule has 5 nitrogen and oxygen atoms in total. The molecule has 6 heteroatoms. The van der Waals surface area contributed by atoms with E-state index in [0.717, 1.165) is 5.56 Å². The molecule has 20 heavy (non-hydrogen) atoms. The summed E-state index contributed by atoms with van der Waals surface area (Å²) >= 11 is 6.20. The van der Waals surface area contributed by atoms with Gasteiger partial charge in [-0.1, -0.05) is 29.8 Å². The van der Waals surface area contributed by atoms with E-state index in [1.807, 2.05) is 18.2 Å². The van der Waals surface area contributed by atoms with Gasteiger partial charge >= 0.3 is 0 Å². The third kappa shape index (κ3) is 1.98. The number of nitrogens with one attached hydrogen (secondary N) is 2. The Morgan fingerprint density at radius 1 is 1.15 bits per heavy atom. The van der Waals surface area contributed by atoms with Crippen molar-refractivity contribution in [3.8, 4) is 22.4 Å². The highest BCUT2D eigenvalue weighted by Crippen LogP contribution is 2.36. The van der Waals surface area contributed by atoms with Crippen molar-refractivity contribution in [2.24, 2.45) is 0 Å². The molecule has 0 bridgehead atoms. The molecule has 3 aromatic rings. The topological polar surface area (TPSA) is 87.6 Å². The summed E-state index contributed by atoms with van der Waals surface area (Å²) in [6.07, 6.45) is 3.18. The third-order valence-electron chi connectivity index (χ3n) is 3.03. The van der Waals surface area contributed by atoms with Gasteiger partial charge in [0.25, 0.3) is 0 Å². The van der Waals surface area contributed by atoms with Crippen LogP contribution in [-0.2, 0) is 0 Å². The summed E-state index contributed by atoms with van der Waals surface area (Å²) in [5.74, 6) is 0.302. The van der Waals surface area contributed by atoms with Crippen molar-refractivity contribution in [1.82, 2.24) is 15.2 Å². The van der Waals surface area contributed by atoms with E-state index in [1.165, 1.54) is 6.07 Å². The van der Waals surface area contributed by atoms with E-state index in [0.29, 0.717) is 27.7 Å². The Morgan fingerprint density at radius 3 is 2.70 bits per heavy atom. The summed E-state index contributed by atoms with van der Waals surface area (Å²) in [7, 11) is 0. The van der Waals surface area contributed by atoms with E-state index >= 15 is 0 Å². The van der Waals surface area contributed by atoms with Gasteiger partial charge in [-0.05, 0) is 6.07 Å². The summed E-state index contributed by atoms with van der Waals surface area (Å²) in [4.78, 5) is 14.8. The summed E-state index contributed by atoms with van der Waals surface area (Å²) in [5.41, 5.74) is 8.18. The Hall–Kier alpha value is -2.53. The van der Waals surface area contributed by atoms with Crippen LogP contribution in [0.15, 0.2) is 47.5 Å². The summed E-state index contributed by atoms with van der Waals surface area (Å²) in [5, 5.41) is 7.35. The van der Waals surface area contributed by atoms with Gasteiger partial charge in [-0.2, -0.15) is 5.10 Å². The number of rotatable bonds is 2. The zero-order chi connectivity index (χ0) is 14.1. The Kier molecular flexibility index (Phi) is 3.04. The maximum absolute atomic E-state index is 12.0. The van der Waals surface area contributed by atoms with Gasteiger partial charge in [0.1, 0.15) is 0 Å². The predicted octanol–water partition coefficient (Wildman–Crippen LogP) is 2.67. The SMILES string of the molecule is Nc1n[nH]c(-c2c[nH]ccc2=O)c1-c1ccccc1Cl. The molecule has 0 radical (unpaired) electrons. The molecule has 0 spiro atoms. The maximum Gasteiger partial charge on any atom is 0.190 e. The molecule has 100 valence electrons. The predicted molar refractivity (Wildman–Crippen MR) is 79.5 cm³/mol. The van der Waals surface area contributed by atoms with E-state index < -0.39 is 0 Å². The number of anilines is 1. The number of benzene rings is 1. The summed E-state index contributed by atoms with van der Waals surface area (Å²) in [6, 6.07) is 8.74. The van der Waals surface area contributed by atoms with Crippen molar-refractivity contribution in [2.75, 3.05) is 5.73 Å². The lowest BCUT2D eigenvalue weighted by Gasteiger charge is -2.06. The molecular formula is C14H11ClN4O. The van der Waals surface area contributed by atoms with E-state index in [1.54, 1.807) is 18.5 Å². The molecule has 2 heterocycles. The number of nitrogens with two attached hydrogens (primary N) is 1. The van der Waals surface area contributed by atoms with Gasteiger partial charge in [0.05, 0.1) is 16.8 Å². The smallest absolute Gasteiger partial charge is 0.190 e. The molecule has 0 aliphatic rings. The number of H-pyrrole nitrogens is 2. The van der Waals surface area contributed by atoms with Crippen molar-refractivity contribution in [3.63, 3.8) is 0 Å². The first-order chi connectivity index (χ1) is 9.68. The molecule has 0 saturated carbocycles. The second-order valence-corrected chi connectivity index (χ2v) is 4.67. The average Bonchev–Trinajstić information content (AvgIpc) is 2.82. The van der Waals surface area contributed by atoms with Crippen LogP contribution in [-0.4, -0.2) is 15.2 Å². The monoisotopic (exact) mass is 286 g/mol. The number of hydrogen-bond acceptors (Lipinski definition) is 3. The van der Waals surface area contributed by atoms with E-state index in [9.17, 15) is 4.79 Å². The lowest BCUT2D eigenvalue weighted by Crippen LogP contribution is -2.03. The van der Waals surface area contributed by atoms with Gasteiger partial charge in [-0.25, -0.2) is 0 Å². The molecule has 0 aliphatic heterocycles. The molecule has 0 saturated heterocycles. The van der Waals surface area contributed by atoms with Crippen LogP contribution in [0.1, 0.15) is 0 Å². The van der Waals surface area contributed by atoms with Crippen molar-refractivity contribution >= 4 is 17.4 Å². The fraction of sp³-hybridized carbons (Fsp3) is 0. The average molecular weight is 287 g/mol. The number of nitrogen functional groups attached to an aromatic ring is 1. The van der Waals surface area contributed by atoms with Crippen molar-refractivity contribution in [3.05, 3.63) is 58.0 Å². The fourth-order valence-electron chi connectivity index (χ4n) is 2.10. The molecule has 1 aromatic carbocycles. The molecule has 0 unspecified atom stereocenters. The van der Waals surface area contributed by atoms with Crippen LogP contribution in [0.3, 0.4) is 0 Å². The number of aromatic nitrogens is 3. The largest absolute Gasteiger partial charge is 0.382 e. The minimum absolute atomic E-state index is 0.124. The van der Waals surface area contributed by atoms with Crippen LogP contribution >= 0.6 is 11.6 Å². The van der Waals surface area contributed by atoms with Gasteiger partial charge in [-0.3, -0.25) is 9.89 Å². The highest BCUT2D eigenvalue weighted by atomic mass is 35.5. The van der Waals surface area contributed by atoms with E-state index in [2.05, 4.69) is 15.2 Å². The molecule has 0 fully saturated rings. The third-order valence-corrected chi connectivity index (χ3v) is 3.36. The zero-order valence-electron chi connectivity index (χ0n) is 10.4. The van der Waals surface area contributed by atoms with Crippen molar-refractivity contribution in [1.29, 1.82) is 0 Å². The van der Waals surface area contributed by atoms with Crippen LogP contribution in [0.25, 0.3) is 22.4 Å². The standard InChI is InChI=1S/C14H11ClN4O/c15-10-4-2-1-3-8(10)12-13(18-19-14(12)16)9-7-17-6-5-11(9)20/h1-7H,(H,17,20)(H3,16,18,19). The fourth-order valence-corrected chi connectivity index (χ4v) is 2.33. The second kappa shape index (κ2) is 4.86. The molecule has 2 aromatic heterocycles. The number of hydrogen-bond donors (Lipinski definition) is 3. The number of pyridine rings is 1. The Morgan fingerprint density at radius 2 is 1.95 bits per heavy atom. The normalized spacial score (nSPS) is 10.7. The summed E-state index contributed by atoms with van der Waals surface area (Å²) < 4.78 is 0. The van der Waals surface area contributed by atoms with Crippen LogP contribution in [0.2, 0.25) is 5.02 Å². The number of halogens is 1. The molecule has 0 aliphatic carbocycles. The molecule has 0 amide bonds. The van der Waals surface area contributed by atoms with Crippen LogP contribution in [0.5, 0.6) is 0 Å². The molecule has 3 rings (SSSR count). The van der Waals surface area contributed by atoms with E-state index in [4.69, 9.17) is 17.3 Å². The Labute approximate surface area is 119 Å². The van der Waals surface area contributed by atoms with Crippen LogP contribution in [0.4, 0.5) is 5.82 Å². The second-order valence-electron chi connectivity index (χ2n) is 4.26.